The minimum absolute atomic E-state index is 0.469. The van der Waals surface area contributed by atoms with Crippen molar-refractivity contribution in [3.05, 3.63) is 11.6 Å². The fourth-order valence-electron chi connectivity index (χ4n) is 2.85. The highest BCUT2D eigenvalue weighted by atomic mass is 32.2. The van der Waals surface area contributed by atoms with Crippen LogP contribution in [0.15, 0.2) is 11.6 Å². The first-order valence-electron chi connectivity index (χ1n) is 7.55. The molecule has 1 aliphatic heterocycles. The van der Waals surface area contributed by atoms with Crippen LogP contribution in [0.3, 0.4) is 0 Å². The predicted octanol–water partition coefficient (Wildman–Crippen LogP) is 5.78. The van der Waals surface area contributed by atoms with E-state index < -0.39 is 0 Å². The molecule has 1 heterocycles. The molecule has 0 aliphatic carbocycles. The lowest BCUT2D eigenvalue weighted by atomic mass is 9.67. The Bertz CT molecular complexity index is 282. The molecule has 0 spiro atoms. The second kappa shape index (κ2) is 6.50. The van der Waals surface area contributed by atoms with E-state index in [1.165, 1.54) is 24.2 Å². The molecule has 4 atom stereocenters. The van der Waals surface area contributed by atoms with Crippen LogP contribution in [0, 0.1) is 23.2 Å². The van der Waals surface area contributed by atoms with Gasteiger partial charge in [0.05, 0.1) is 0 Å². The summed E-state index contributed by atoms with van der Waals surface area (Å²) < 4.78 is 0. The number of thioether (sulfide) groups is 1. The van der Waals surface area contributed by atoms with E-state index in [0.717, 1.165) is 23.0 Å². The molecule has 1 fully saturated rings. The second-order valence-corrected chi connectivity index (χ2v) is 8.30. The highest BCUT2D eigenvalue weighted by Crippen LogP contribution is 2.49. The molecule has 1 aliphatic rings. The number of hydrogen-bond acceptors (Lipinski definition) is 1. The van der Waals surface area contributed by atoms with Crippen molar-refractivity contribution in [1.29, 1.82) is 0 Å². The quantitative estimate of drug-likeness (QED) is 0.416. The van der Waals surface area contributed by atoms with Crippen LogP contribution in [-0.2, 0) is 0 Å². The average molecular weight is 269 g/mol. The Balaban J connectivity index is 2.61. The Morgan fingerprint density at radius 2 is 1.89 bits per heavy atom. The van der Waals surface area contributed by atoms with Gasteiger partial charge in [0.1, 0.15) is 0 Å². The van der Waals surface area contributed by atoms with Crippen molar-refractivity contribution in [2.24, 2.45) is 23.2 Å². The van der Waals surface area contributed by atoms with Crippen molar-refractivity contribution in [2.45, 2.75) is 66.6 Å². The van der Waals surface area contributed by atoms with Crippen LogP contribution in [-0.4, -0.2) is 11.0 Å². The molecule has 1 saturated heterocycles. The Labute approximate surface area is 119 Å². The Morgan fingerprint density at radius 3 is 2.28 bits per heavy atom. The monoisotopic (exact) mass is 268 g/mol. The van der Waals surface area contributed by atoms with E-state index in [-0.39, 0.29) is 0 Å². The van der Waals surface area contributed by atoms with E-state index in [1.54, 1.807) is 0 Å². The van der Waals surface area contributed by atoms with Gasteiger partial charge in [0.25, 0.3) is 0 Å². The SMILES string of the molecule is CCC(C=C(C)C)CC(C)C(C)(C)C(C)C1CS1. The van der Waals surface area contributed by atoms with Crippen molar-refractivity contribution in [1.82, 2.24) is 0 Å². The fourth-order valence-corrected chi connectivity index (χ4v) is 3.89. The topological polar surface area (TPSA) is 0 Å². The Hall–Kier alpha value is 0.0900. The third-order valence-electron chi connectivity index (χ3n) is 5.11. The molecule has 0 aromatic carbocycles. The molecule has 0 amide bonds. The summed E-state index contributed by atoms with van der Waals surface area (Å²) in [5.41, 5.74) is 1.94. The molecular formula is C17H32S. The summed E-state index contributed by atoms with van der Waals surface area (Å²) in [6.07, 6.45) is 5.09. The molecule has 0 aromatic heterocycles. The van der Waals surface area contributed by atoms with Crippen molar-refractivity contribution < 1.29 is 0 Å². The zero-order chi connectivity index (χ0) is 13.9. The standard InChI is InChI=1S/C17H32S/c1-8-15(9-12(2)3)10-13(4)17(6,7)14(5)16-11-18-16/h9,13-16H,8,10-11H2,1-7H3. The van der Waals surface area contributed by atoms with Crippen LogP contribution >= 0.6 is 11.8 Å². The van der Waals surface area contributed by atoms with Gasteiger partial charge in [-0.1, -0.05) is 46.3 Å². The van der Waals surface area contributed by atoms with Crippen LogP contribution in [0.2, 0.25) is 0 Å². The van der Waals surface area contributed by atoms with Crippen LogP contribution in [0.4, 0.5) is 0 Å². The van der Waals surface area contributed by atoms with Crippen molar-refractivity contribution >= 4 is 11.8 Å². The van der Waals surface area contributed by atoms with Gasteiger partial charge in [0, 0.05) is 11.0 Å². The van der Waals surface area contributed by atoms with Gasteiger partial charge in [-0.15, -0.1) is 0 Å². The van der Waals surface area contributed by atoms with Crippen LogP contribution in [0.1, 0.15) is 61.3 Å². The van der Waals surface area contributed by atoms with Gasteiger partial charge in [-0.2, -0.15) is 11.8 Å². The summed E-state index contributed by atoms with van der Waals surface area (Å²) in [5, 5.41) is 0.936. The van der Waals surface area contributed by atoms with E-state index >= 15 is 0 Å². The summed E-state index contributed by atoms with van der Waals surface area (Å²) in [6.45, 7) is 16.7. The maximum absolute atomic E-state index is 2.48. The van der Waals surface area contributed by atoms with Gasteiger partial charge in [-0.25, -0.2) is 0 Å². The van der Waals surface area contributed by atoms with Gasteiger partial charge >= 0.3 is 0 Å². The molecule has 0 radical (unpaired) electrons. The van der Waals surface area contributed by atoms with Crippen molar-refractivity contribution in [2.75, 3.05) is 5.75 Å². The molecule has 106 valence electrons. The maximum atomic E-state index is 2.48. The molecule has 0 saturated carbocycles. The van der Waals surface area contributed by atoms with E-state index in [4.69, 9.17) is 0 Å². The molecule has 18 heavy (non-hydrogen) atoms. The lowest BCUT2D eigenvalue weighted by molar-refractivity contribution is 0.125. The maximum Gasteiger partial charge on any atom is 0.0169 e. The first kappa shape index (κ1) is 16.1. The summed E-state index contributed by atoms with van der Waals surface area (Å²) in [4.78, 5) is 0. The van der Waals surface area contributed by atoms with E-state index in [0.29, 0.717) is 5.41 Å². The van der Waals surface area contributed by atoms with E-state index in [1.807, 2.05) is 0 Å². The average Bonchev–Trinajstić information content (AvgIpc) is 3.09. The van der Waals surface area contributed by atoms with E-state index in [2.05, 4.69) is 66.3 Å². The van der Waals surface area contributed by atoms with Gasteiger partial charge in [-0.05, 0) is 49.9 Å². The lowest BCUT2D eigenvalue weighted by Gasteiger charge is -2.39. The van der Waals surface area contributed by atoms with Crippen LogP contribution < -0.4 is 0 Å². The lowest BCUT2D eigenvalue weighted by Crippen LogP contribution is -2.33. The highest BCUT2D eigenvalue weighted by molar-refractivity contribution is 8.06. The van der Waals surface area contributed by atoms with Gasteiger partial charge < -0.3 is 0 Å². The van der Waals surface area contributed by atoms with E-state index in [9.17, 15) is 0 Å². The number of allylic oxidation sites excluding steroid dienone is 2. The van der Waals surface area contributed by atoms with Crippen LogP contribution in [0.5, 0.6) is 0 Å². The van der Waals surface area contributed by atoms with Gasteiger partial charge in [0.15, 0.2) is 0 Å². The minimum Gasteiger partial charge on any atom is -0.156 e. The molecule has 1 heteroatoms. The zero-order valence-electron chi connectivity index (χ0n) is 13.4. The van der Waals surface area contributed by atoms with Crippen molar-refractivity contribution in [3.8, 4) is 0 Å². The first-order chi connectivity index (χ1) is 8.28. The first-order valence-corrected chi connectivity index (χ1v) is 8.60. The molecule has 0 nitrogen and oxygen atoms in total. The third kappa shape index (κ3) is 4.33. The molecule has 4 unspecified atom stereocenters. The smallest absolute Gasteiger partial charge is 0.0169 e. The highest BCUT2D eigenvalue weighted by Gasteiger charge is 2.41. The minimum atomic E-state index is 0.469. The zero-order valence-corrected chi connectivity index (χ0v) is 14.2. The van der Waals surface area contributed by atoms with Gasteiger partial charge in [-0.3, -0.25) is 0 Å². The normalized spacial score (nSPS) is 24.3. The Kier molecular flexibility index (Phi) is 5.83. The second-order valence-electron chi connectivity index (χ2n) is 7.03. The largest absolute Gasteiger partial charge is 0.156 e. The molecule has 0 bridgehead atoms. The third-order valence-corrected chi connectivity index (χ3v) is 6.24. The molecule has 0 N–H and O–H groups in total. The van der Waals surface area contributed by atoms with Crippen molar-refractivity contribution in [3.63, 3.8) is 0 Å². The van der Waals surface area contributed by atoms with Gasteiger partial charge in [0.2, 0.25) is 0 Å². The summed E-state index contributed by atoms with van der Waals surface area (Å²) >= 11 is 2.14. The Morgan fingerprint density at radius 1 is 1.33 bits per heavy atom. The summed E-state index contributed by atoms with van der Waals surface area (Å²) in [5.74, 6) is 3.81. The number of hydrogen-bond donors (Lipinski definition) is 0. The predicted molar refractivity (Wildman–Crippen MR) is 86.2 cm³/mol. The summed E-state index contributed by atoms with van der Waals surface area (Å²) in [7, 11) is 0. The molecular weight excluding hydrogens is 236 g/mol. The number of rotatable bonds is 7. The molecule has 0 aromatic rings. The fraction of sp³-hybridized carbons (Fsp3) is 0.882. The summed E-state index contributed by atoms with van der Waals surface area (Å²) in [6, 6.07) is 0. The molecule has 1 rings (SSSR count). The van der Waals surface area contributed by atoms with Crippen LogP contribution in [0.25, 0.3) is 0 Å².